The zero-order valence-corrected chi connectivity index (χ0v) is 12.6. The fourth-order valence-electron chi connectivity index (χ4n) is 2.66. The van der Waals surface area contributed by atoms with Crippen molar-refractivity contribution in [3.05, 3.63) is 35.4 Å². The predicted molar refractivity (Wildman–Crippen MR) is 82.7 cm³/mol. The molecule has 0 aromatic heterocycles. The van der Waals surface area contributed by atoms with Gasteiger partial charge in [-0.15, -0.1) is 0 Å². The monoisotopic (exact) mass is 260 g/mol. The topological polar surface area (TPSA) is 6.48 Å². The molecule has 0 N–H and O–H groups in total. The van der Waals surface area contributed by atoms with Crippen LogP contribution in [0.3, 0.4) is 0 Å². The summed E-state index contributed by atoms with van der Waals surface area (Å²) in [7, 11) is 0. The zero-order chi connectivity index (χ0) is 13.5. The van der Waals surface area contributed by atoms with Gasteiger partial charge in [0.15, 0.2) is 0 Å². The van der Waals surface area contributed by atoms with Gasteiger partial charge < -0.3 is 9.80 Å². The molecule has 0 spiro atoms. The zero-order valence-electron chi connectivity index (χ0n) is 12.6. The molecule has 1 aliphatic heterocycles. The van der Waals surface area contributed by atoms with Crippen molar-refractivity contribution >= 4 is 0 Å². The normalized spacial score (nSPS) is 17.8. The van der Waals surface area contributed by atoms with Crippen LogP contribution < -0.4 is 0 Å². The SMILES string of the molecule is CCCCN1CCN(CCc2ccc(C)cc2)CC1. The van der Waals surface area contributed by atoms with Gasteiger partial charge in [0.05, 0.1) is 0 Å². The summed E-state index contributed by atoms with van der Waals surface area (Å²) in [5.41, 5.74) is 2.83. The van der Waals surface area contributed by atoms with Crippen LogP contribution in [0.25, 0.3) is 0 Å². The number of aryl methyl sites for hydroxylation is 1. The minimum Gasteiger partial charge on any atom is -0.301 e. The first-order valence-electron chi connectivity index (χ1n) is 7.78. The van der Waals surface area contributed by atoms with Crippen LogP contribution in [0, 0.1) is 6.92 Å². The molecule has 0 radical (unpaired) electrons. The van der Waals surface area contributed by atoms with Gasteiger partial charge in [0.25, 0.3) is 0 Å². The highest BCUT2D eigenvalue weighted by Crippen LogP contribution is 2.07. The van der Waals surface area contributed by atoms with Gasteiger partial charge in [-0.1, -0.05) is 43.2 Å². The average Bonchev–Trinajstić information content (AvgIpc) is 2.46. The second-order valence-corrected chi connectivity index (χ2v) is 5.77. The Morgan fingerprint density at radius 3 is 2.05 bits per heavy atom. The molecule has 2 nitrogen and oxygen atoms in total. The maximum absolute atomic E-state index is 2.62. The lowest BCUT2D eigenvalue weighted by molar-refractivity contribution is 0.132. The number of hydrogen-bond donors (Lipinski definition) is 0. The van der Waals surface area contributed by atoms with Crippen LogP contribution in [0.4, 0.5) is 0 Å². The highest BCUT2D eigenvalue weighted by molar-refractivity contribution is 5.21. The van der Waals surface area contributed by atoms with Gasteiger partial charge in [-0.25, -0.2) is 0 Å². The molecule has 106 valence electrons. The van der Waals surface area contributed by atoms with Crippen LogP contribution in [0.5, 0.6) is 0 Å². The van der Waals surface area contributed by atoms with Crippen molar-refractivity contribution in [2.45, 2.75) is 33.1 Å². The quantitative estimate of drug-likeness (QED) is 0.776. The number of piperazine rings is 1. The molecule has 0 saturated carbocycles. The van der Waals surface area contributed by atoms with Crippen LogP contribution in [-0.4, -0.2) is 49.1 Å². The number of hydrogen-bond acceptors (Lipinski definition) is 2. The number of benzene rings is 1. The maximum Gasteiger partial charge on any atom is 0.0110 e. The van der Waals surface area contributed by atoms with Crippen LogP contribution in [0.15, 0.2) is 24.3 Å². The minimum absolute atomic E-state index is 1.19. The Labute approximate surface area is 118 Å². The van der Waals surface area contributed by atoms with E-state index >= 15 is 0 Å². The lowest BCUT2D eigenvalue weighted by atomic mass is 10.1. The molecule has 1 heterocycles. The second kappa shape index (κ2) is 7.66. The van der Waals surface area contributed by atoms with Gasteiger partial charge in [-0.05, 0) is 31.9 Å². The molecule has 0 atom stereocenters. The van der Waals surface area contributed by atoms with Crippen LogP contribution in [0.1, 0.15) is 30.9 Å². The summed E-state index contributed by atoms with van der Waals surface area (Å²) in [5, 5.41) is 0. The van der Waals surface area contributed by atoms with Gasteiger partial charge >= 0.3 is 0 Å². The third kappa shape index (κ3) is 4.96. The highest BCUT2D eigenvalue weighted by atomic mass is 15.3. The first-order chi connectivity index (χ1) is 9.28. The molecule has 0 aliphatic carbocycles. The minimum atomic E-state index is 1.19. The predicted octanol–water partition coefficient (Wildman–Crippen LogP) is 2.96. The summed E-state index contributed by atoms with van der Waals surface area (Å²) >= 11 is 0. The fourth-order valence-corrected chi connectivity index (χ4v) is 2.66. The summed E-state index contributed by atoms with van der Waals surface area (Å²) in [6.45, 7) is 11.9. The van der Waals surface area contributed by atoms with Gasteiger partial charge in [0, 0.05) is 32.7 Å². The van der Waals surface area contributed by atoms with E-state index in [9.17, 15) is 0 Å². The molecule has 1 fully saturated rings. The molecular formula is C17H28N2. The van der Waals surface area contributed by atoms with Crippen LogP contribution in [-0.2, 0) is 6.42 Å². The first kappa shape index (κ1) is 14.5. The van der Waals surface area contributed by atoms with Gasteiger partial charge in [-0.2, -0.15) is 0 Å². The van der Waals surface area contributed by atoms with E-state index < -0.39 is 0 Å². The first-order valence-corrected chi connectivity index (χ1v) is 7.78. The lowest BCUT2D eigenvalue weighted by Crippen LogP contribution is -2.47. The smallest absolute Gasteiger partial charge is 0.0110 e. The molecule has 0 unspecified atom stereocenters. The molecule has 1 saturated heterocycles. The molecule has 19 heavy (non-hydrogen) atoms. The second-order valence-electron chi connectivity index (χ2n) is 5.77. The Hall–Kier alpha value is -0.860. The van der Waals surface area contributed by atoms with E-state index in [2.05, 4.69) is 47.9 Å². The van der Waals surface area contributed by atoms with Crippen molar-refractivity contribution in [1.29, 1.82) is 0 Å². The van der Waals surface area contributed by atoms with E-state index in [0.717, 1.165) is 0 Å². The summed E-state index contributed by atoms with van der Waals surface area (Å²) in [4.78, 5) is 5.23. The Kier molecular flexibility index (Phi) is 5.87. The molecule has 1 aliphatic rings. The molecule has 2 rings (SSSR count). The van der Waals surface area contributed by atoms with E-state index in [-0.39, 0.29) is 0 Å². The summed E-state index contributed by atoms with van der Waals surface area (Å²) in [5.74, 6) is 0. The third-order valence-electron chi connectivity index (χ3n) is 4.13. The van der Waals surface area contributed by atoms with E-state index in [4.69, 9.17) is 0 Å². The summed E-state index contributed by atoms with van der Waals surface area (Å²) in [6.07, 6.45) is 3.85. The Morgan fingerprint density at radius 1 is 0.895 bits per heavy atom. The number of rotatable bonds is 6. The molecule has 1 aromatic carbocycles. The van der Waals surface area contributed by atoms with Gasteiger partial charge in [0.1, 0.15) is 0 Å². The Balaban J connectivity index is 1.67. The number of unbranched alkanes of at least 4 members (excludes halogenated alkanes) is 1. The van der Waals surface area contributed by atoms with E-state index in [0.29, 0.717) is 0 Å². The molecular weight excluding hydrogens is 232 g/mol. The Bertz CT molecular complexity index is 350. The molecule has 0 amide bonds. The highest BCUT2D eigenvalue weighted by Gasteiger charge is 2.15. The summed E-state index contributed by atoms with van der Waals surface area (Å²) < 4.78 is 0. The van der Waals surface area contributed by atoms with Crippen molar-refractivity contribution in [2.24, 2.45) is 0 Å². The van der Waals surface area contributed by atoms with Gasteiger partial charge in [-0.3, -0.25) is 0 Å². The maximum atomic E-state index is 2.62. The van der Waals surface area contributed by atoms with Crippen LogP contribution >= 0.6 is 0 Å². The third-order valence-corrected chi connectivity index (χ3v) is 4.13. The molecule has 0 bridgehead atoms. The van der Waals surface area contributed by atoms with E-state index in [1.54, 1.807) is 0 Å². The number of nitrogens with zero attached hydrogens (tertiary/aromatic N) is 2. The van der Waals surface area contributed by atoms with Gasteiger partial charge in [0.2, 0.25) is 0 Å². The average molecular weight is 260 g/mol. The van der Waals surface area contributed by atoms with Crippen molar-refractivity contribution in [3.63, 3.8) is 0 Å². The van der Waals surface area contributed by atoms with Crippen molar-refractivity contribution in [1.82, 2.24) is 9.80 Å². The lowest BCUT2D eigenvalue weighted by Gasteiger charge is -2.34. The fraction of sp³-hybridized carbons (Fsp3) is 0.647. The largest absolute Gasteiger partial charge is 0.301 e. The molecule has 2 heteroatoms. The van der Waals surface area contributed by atoms with E-state index in [1.807, 2.05) is 0 Å². The summed E-state index contributed by atoms with van der Waals surface area (Å²) in [6, 6.07) is 8.98. The van der Waals surface area contributed by atoms with Crippen molar-refractivity contribution < 1.29 is 0 Å². The van der Waals surface area contributed by atoms with Crippen LogP contribution in [0.2, 0.25) is 0 Å². The molecule has 1 aromatic rings. The Morgan fingerprint density at radius 2 is 1.47 bits per heavy atom. The van der Waals surface area contributed by atoms with E-state index in [1.165, 1.54) is 69.7 Å². The standard InChI is InChI=1S/C17H28N2/c1-3-4-10-18-12-14-19(15-13-18)11-9-17-7-5-16(2)6-8-17/h5-8H,3-4,9-15H2,1-2H3. The van der Waals surface area contributed by atoms with Crippen molar-refractivity contribution in [2.75, 3.05) is 39.3 Å². The van der Waals surface area contributed by atoms with Crippen molar-refractivity contribution in [3.8, 4) is 0 Å².